The molecule has 1 amide bonds. The molecule has 0 aliphatic rings. The first-order chi connectivity index (χ1) is 10.1. The third-order valence-corrected chi connectivity index (χ3v) is 3.51. The van der Waals surface area contributed by atoms with Crippen molar-refractivity contribution >= 4 is 17.5 Å². The average Bonchev–Trinajstić information content (AvgIpc) is 2.51. The summed E-state index contributed by atoms with van der Waals surface area (Å²) in [4.78, 5) is 12.0. The molecule has 2 aromatic carbocycles. The van der Waals surface area contributed by atoms with Gasteiger partial charge in [-0.25, -0.2) is 0 Å². The third-order valence-electron chi connectivity index (χ3n) is 3.28. The molecule has 110 valence electrons. The molecule has 0 fully saturated rings. The summed E-state index contributed by atoms with van der Waals surface area (Å²) in [7, 11) is 0. The van der Waals surface area contributed by atoms with Gasteiger partial charge in [0.15, 0.2) is 0 Å². The molecule has 0 bridgehead atoms. The molecule has 0 heterocycles. The molecule has 3 nitrogen and oxygen atoms in total. The second-order valence-corrected chi connectivity index (χ2v) is 5.41. The van der Waals surface area contributed by atoms with Gasteiger partial charge in [0.1, 0.15) is 0 Å². The average molecular weight is 303 g/mol. The number of hydrogen-bond acceptors (Lipinski definition) is 2. The van der Waals surface area contributed by atoms with Crippen LogP contribution in [-0.4, -0.2) is 11.9 Å². The molecule has 21 heavy (non-hydrogen) atoms. The SMILES string of the molecule is N[C@@H](CCc1ccccc1)C(=O)NCc1cccc(Cl)c1. The Morgan fingerprint density at radius 2 is 1.81 bits per heavy atom. The molecule has 4 heteroatoms. The second kappa shape index (κ2) is 7.81. The van der Waals surface area contributed by atoms with Crippen LogP contribution in [0.4, 0.5) is 0 Å². The maximum absolute atomic E-state index is 12.0. The molecule has 0 saturated carbocycles. The van der Waals surface area contributed by atoms with E-state index in [-0.39, 0.29) is 5.91 Å². The van der Waals surface area contributed by atoms with Crippen molar-refractivity contribution in [1.82, 2.24) is 5.32 Å². The number of hydrogen-bond donors (Lipinski definition) is 2. The van der Waals surface area contributed by atoms with E-state index in [0.29, 0.717) is 18.0 Å². The smallest absolute Gasteiger partial charge is 0.237 e. The van der Waals surface area contributed by atoms with Gasteiger partial charge < -0.3 is 11.1 Å². The third kappa shape index (κ3) is 5.21. The number of halogens is 1. The van der Waals surface area contributed by atoms with E-state index in [0.717, 1.165) is 12.0 Å². The topological polar surface area (TPSA) is 55.1 Å². The Hall–Kier alpha value is -1.84. The lowest BCUT2D eigenvalue weighted by Gasteiger charge is -2.12. The minimum Gasteiger partial charge on any atom is -0.351 e. The van der Waals surface area contributed by atoms with Gasteiger partial charge in [-0.2, -0.15) is 0 Å². The molecule has 0 radical (unpaired) electrons. The predicted molar refractivity (Wildman–Crippen MR) is 86.0 cm³/mol. The predicted octanol–water partition coefficient (Wildman–Crippen LogP) is 2.92. The monoisotopic (exact) mass is 302 g/mol. The first kappa shape index (κ1) is 15.5. The Morgan fingerprint density at radius 1 is 1.10 bits per heavy atom. The van der Waals surface area contributed by atoms with Gasteiger partial charge in [-0.3, -0.25) is 4.79 Å². The number of amides is 1. The zero-order chi connectivity index (χ0) is 15.1. The number of rotatable bonds is 6. The number of aryl methyl sites for hydroxylation is 1. The highest BCUT2D eigenvalue weighted by Gasteiger charge is 2.12. The Kier molecular flexibility index (Phi) is 5.78. The summed E-state index contributed by atoms with van der Waals surface area (Å²) in [6.45, 7) is 0.443. The van der Waals surface area contributed by atoms with Crippen LogP contribution in [0.25, 0.3) is 0 Å². The summed E-state index contributed by atoms with van der Waals surface area (Å²) in [6.07, 6.45) is 1.43. The molecule has 3 N–H and O–H groups in total. The quantitative estimate of drug-likeness (QED) is 0.862. The minimum absolute atomic E-state index is 0.133. The highest BCUT2D eigenvalue weighted by atomic mass is 35.5. The van der Waals surface area contributed by atoms with E-state index in [4.69, 9.17) is 17.3 Å². The van der Waals surface area contributed by atoms with Crippen LogP contribution >= 0.6 is 11.6 Å². The largest absolute Gasteiger partial charge is 0.351 e. The van der Waals surface area contributed by atoms with Crippen LogP contribution in [-0.2, 0) is 17.8 Å². The summed E-state index contributed by atoms with van der Waals surface area (Å²) >= 11 is 5.90. The molecule has 0 spiro atoms. The van der Waals surface area contributed by atoms with Crippen LogP contribution in [0, 0.1) is 0 Å². The zero-order valence-electron chi connectivity index (χ0n) is 11.8. The van der Waals surface area contributed by atoms with E-state index >= 15 is 0 Å². The van der Waals surface area contributed by atoms with E-state index < -0.39 is 6.04 Å². The molecule has 1 atom stereocenters. The lowest BCUT2D eigenvalue weighted by molar-refractivity contribution is -0.122. The lowest BCUT2D eigenvalue weighted by atomic mass is 10.1. The van der Waals surface area contributed by atoms with Crippen molar-refractivity contribution in [2.45, 2.75) is 25.4 Å². The van der Waals surface area contributed by atoms with Crippen LogP contribution in [0.1, 0.15) is 17.5 Å². The molecule has 0 aliphatic carbocycles. The van der Waals surface area contributed by atoms with E-state index in [2.05, 4.69) is 5.32 Å². The maximum Gasteiger partial charge on any atom is 0.237 e. The molecule has 0 saturated heterocycles. The van der Waals surface area contributed by atoms with Crippen LogP contribution in [0.5, 0.6) is 0 Å². The van der Waals surface area contributed by atoms with E-state index in [1.54, 1.807) is 6.07 Å². The van der Waals surface area contributed by atoms with Crippen molar-refractivity contribution in [2.75, 3.05) is 0 Å². The van der Waals surface area contributed by atoms with Crippen LogP contribution < -0.4 is 11.1 Å². The van der Waals surface area contributed by atoms with Gasteiger partial charge in [-0.15, -0.1) is 0 Å². The Morgan fingerprint density at radius 3 is 2.52 bits per heavy atom. The van der Waals surface area contributed by atoms with Gasteiger partial charge in [0.25, 0.3) is 0 Å². The molecule has 0 aliphatic heterocycles. The van der Waals surface area contributed by atoms with Gasteiger partial charge in [0, 0.05) is 11.6 Å². The van der Waals surface area contributed by atoms with E-state index in [1.807, 2.05) is 48.5 Å². The first-order valence-electron chi connectivity index (χ1n) is 6.97. The van der Waals surface area contributed by atoms with Gasteiger partial charge in [-0.05, 0) is 36.1 Å². The number of nitrogens with two attached hydrogens (primary N) is 1. The molecule has 0 unspecified atom stereocenters. The van der Waals surface area contributed by atoms with Crippen molar-refractivity contribution in [3.05, 3.63) is 70.7 Å². The van der Waals surface area contributed by atoms with Gasteiger partial charge in [0.2, 0.25) is 5.91 Å². The number of nitrogens with one attached hydrogen (secondary N) is 1. The fourth-order valence-electron chi connectivity index (χ4n) is 2.07. The minimum atomic E-state index is -0.496. The zero-order valence-corrected chi connectivity index (χ0v) is 12.5. The molecule has 2 rings (SSSR count). The Balaban J connectivity index is 1.77. The molecule has 0 aromatic heterocycles. The van der Waals surface area contributed by atoms with Crippen LogP contribution in [0.2, 0.25) is 5.02 Å². The summed E-state index contributed by atoms with van der Waals surface area (Å²) in [5, 5.41) is 3.50. The Bertz CT molecular complexity index is 586. The summed E-state index contributed by atoms with van der Waals surface area (Å²) in [6, 6.07) is 16.9. The normalized spacial score (nSPS) is 11.9. The van der Waals surface area contributed by atoms with E-state index in [9.17, 15) is 4.79 Å². The van der Waals surface area contributed by atoms with Crippen molar-refractivity contribution < 1.29 is 4.79 Å². The second-order valence-electron chi connectivity index (χ2n) is 4.98. The van der Waals surface area contributed by atoms with Gasteiger partial charge >= 0.3 is 0 Å². The van der Waals surface area contributed by atoms with Gasteiger partial charge in [-0.1, -0.05) is 54.1 Å². The fraction of sp³-hybridized carbons (Fsp3) is 0.235. The summed E-state index contributed by atoms with van der Waals surface area (Å²) < 4.78 is 0. The van der Waals surface area contributed by atoms with Crippen LogP contribution in [0.15, 0.2) is 54.6 Å². The number of carbonyl (C=O) groups excluding carboxylic acids is 1. The van der Waals surface area contributed by atoms with Crippen molar-refractivity contribution in [2.24, 2.45) is 5.73 Å². The fourth-order valence-corrected chi connectivity index (χ4v) is 2.28. The van der Waals surface area contributed by atoms with Crippen molar-refractivity contribution in [1.29, 1.82) is 0 Å². The highest BCUT2D eigenvalue weighted by Crippen LogP contribution is 2.10. The number of benzene rings is 2. The van der Waals surface area contributed by atoms with E-state index in [1.165, 1.54) is 5.56 Å². The van der Waals surface area contributed by atoms with Crippen molar-refractivity contribution in [3.63, 3.8) is 0 Å². The Labute approximate surface area is 130 Å². The standard InChI is InChI=1S/C17H19ClN2O/c18-15-8-4-7-14(11-15)12-20-17(21)16(19)10-9-13-5-2-1-3-6-13/h1-8,11,16H,9-10,12,19H2,(H,20,21)/t16-/m0/s1. The summed E-state index contributed by atoms with van der Waals surface area (Å²) in [5.74, 6) is -0.133. The summed E-state index contributed by atoms with van der Waals surface area (Å²) in [5.41, 5.74) is 8.08. The number of carbonyl (C=O) groups is 1. The highest BCUT2D eigenvalue weighted by molar-refractivity contribution is 6.30. The lowest BCUT2D eigenvalue weighted by Crippen LogP contribution is -2.40. The van der Waals surface area contributed by atoms with Crippen molar-refractivity contribution in [3.8, 4) is 0 Å². The maximum atomic E-state index is 12.0. The molecular formula is C17H19ClN2O. The van der Waals surface area contributed by atoms with Gasteiger partial charge in [0.05, 0.1) is 6.04 Å². The molecule has 2 aromatic rings. The van der Waals surface area contributed by atoms with Crippen LogP contribution in [0.3, 0.4) is 0 Å². The first-order valence-corrected chi connectivity index (χ1v) is 7.34. The molecular weight excluding hydrogens is 284 g/mol.